The average molecular weight is 382 g/mol. The van der Waals surface area contributed by atoms with E-state index in [4.69, 9.17) is 4.42 Å². The van der Waals surface area contributed by atoms with Crippen LogP contribution >= 0.6 is 0 Å². The van der Waals surface area contributed by atoms with Gasteiger partial charge in [0.25, 0.3) is 0 Å². The molecule has 2 aromatic heterocycles. The maximum atomic E-state index is 13.2. The Balaban J connectivity index is 1.44. The van der Waals surface area contributed by atoms with Crippen molar-refractivity contribution in [2.24, 2.45) is 0 Å². The van der Waals surface area contributed by atoms with Gasteiger partial charge in [-0.1, -0.05) is 12.1 Å². The zero-order chi connectivity index (χ0) is 19.6. The summed E-state index contributed by atoms with van der Waals surface area (Å²) in [4.78, 5) is 11.2. The standard InChI is InChI=1S/C21H23FN4O2/c1-15-13-19(23-14-18-3-2-12-28-18)25-20(24-15)26-10-8-21(27,9-11-26)16-4-6-17(22)7-5-16/h2-7,12-13,27H,8-11,14H2,1H3,(H,23,24,25). The molecule has 0 bridgehead atoms. The van der Waals surface area contributed by atoms with Gasteiger partial charge in [0.15, 0.2) is 0 Å². The van der Waals surface area contributed by atoms with Crippen molar-refractivity contribution in [3.05, 3.63) is 71.6 Å². The summed E-state index contributed by atoms with van der Waals surface area (Å²) in [5, 5.41) is 14.2. The Morgan fingerprint density at radius 1 is 1.18 bits per heavy atom. The number of halogens is 1. The molecule has 0 amide bonds. The summed E-state index contributed by atoms with van der Waals surface area (Å²) in [6.45, 7) is 3.72. The van der Waals surface area contributed by atoms with Crippen LogP contribution in [0.3, 0.4) is 0 Å². The van der Waals surface area contributed by atoms with Crippen LogP contribution in [0.1, 0.15) is 29.9 Å². The van der Waals surface area contributed by atoms with Gasteiger partial charge in [0, 0.05) is 24.8 Å². The van der Waals surface area contributed by atoms with Gasteiger partial charge < -0.3 is 19.7 Å². The molecular formula is C21H23FN4O2. The van der Waals surface area contributed by atoms with Crippen molar-refractivity contribution < 1.29 is 13.9 Å². The summed E-state index contributed by atoms with van der Waals surface area (Å²) in [6.07, 6.45) is 2.71. The molecule has 4 rings (SSSR count). The monoisotopic (exact) mass is 382 g/mol. The Morgan fingerprint density at radius 3 is 2.61 bits per heavy atom. The van der Waals surface area contributed by atoms with E-state index in [0.717, 1.165) is 22.8 Å². The van der Waals surface area contributed by atoms with E-state index in [-0.39, 0.29) is 5.82 Å². The van der Waals surface area contributed by atoms with Crippen molar-refractivity contribution >= 4 is 11.8 Å². The zero-order valence-corrected chi connectivity index (χ0v) is 15.7. The highest BCUT2D eigenvalue weighted by Crippen LogP contribution is 2.34. The van der Waals surface area contributed by atoms with Crippen molar-refractivity contribution in [1.82, 2.24) is 9.97 Å². The molecule has 1 aliphatic heterocycles. The molecule has 7 heteroatoms. The number of aromatic nitrogens is 2. The fourth-order valence-electron chi connectivity index (χ4n) is 3.50. The molecule has 3 aromatic rings. The fraction of sp³-hybridized carbons (Fsp3) is 0.333. The number of hydrogen-bond donors (Lipinski definition) is 2. The first kappa shape index (κ1) is 18.4. The molecule has 1 fully saturated rings. The van der Waals surface area contributed by atoms with E-state index >= 15 is 0 Å². The van der Waals surface area contributed by atoms with Gasteiger partial charge in [0.05, 0.1) is 18.4 Å². The molecule has 1 aliphatic rings. The average Bonchev–Trinajstić information content (AvgIpc) is 3.21. The van der Waals surface area contributed by atoms with E-state index in [1.165, 1.54) is 12.1 Å². The number of aryl methyl sites for hydroxylation is 1. The van der Waals surface area contributed by atoms with E-state index in [9.17, 15) is 9.50 Å². The van der Waals surface area contributed by atoms with Gasteiger partial charge in [-0.05, 0) is 49.6 Å². The fourth-order valence-corrected chi connectivity index (χ4v) is 3.50. The summed E-state index contributed by atoms with van der Waals surface area (Å²) >= 11 is 0. The van der Waals surface area contributed by atoms with Crippen LogP contribution in [-0.2, 0) is 12.1 Å². The lowest BCUT2D eigenvalue weighted by molar-refractivity contribution is 0.0115. The van der Waals surface area contributed by atoms with Crippen molar-refractivity contribution in [2.75, 3.05) is 23.3 Å². The first-order valence-corrected chi connectivity index (χ1v) is 9.37. The molecule has 0 radical (unpaired) electrons. The smallest absolute Gasteiger partial charge is 0.227 e. The van der Waals surface area contributed by atoms with Gasteiger partial charge in [0.2, 0.25) is 5.95 Å². The Kier molecular flexibility index (Phi) is 5.00. The number of nitrogens with one attached hydrogen (secondary N) is 1. The summed E-state index contributed by atoms with van der Waals surface area (Å²) in [5.41, 5.74) is 0.667. The molecule has 1 saturated heterocycles. The van der Waals surface area contributed by atoms with Crippen LogP contribution in [0.2, 0.25) is 0 Å². The van der Waals surface area contributed by atoms with Crippen LogP contribution in [0.4, 0.5) is 16.2 Å². The molecule has 0 spiro atoms. The molecule has 146 valence electrons. The largest absolute Gasteiger partial charge is 0.467 e. The molecule has 2 N–H and O–H groups in total. The van der Waals surface area contributed by atoms with Crippen LogP contribution in [0, 0.1) is 12.7 Å². The quantitative estimate of drug-likeness (QED) is 0.702. The third kappa shape index (κ3) is 3.99. The van der Waals surface area contributed by atoms with Crippen molar-refractivity contribution in [3.63, 3.8) is 0 Å². The third-order valence-corrected chi connectivity index (χ3v) is 5.12. The first-order chi connectivity index (χ1) is 13.5. The second kappa shape index (κ2) is 7.59. The van der Waals surface area contributed by atoms with Crippen LogP contribution in [0.15, 0.2) is 53.1 Å². The number of piperidine rings is 1. The Labute approximate surface area is 163 Å². The first-order valence-electron chi connectivity index (χ1n) is 9.37. The van der Waals surface area contributed by atoms with Gasteiger partial charge in [-0.25, -0.2) is 9.37 Å². The zero-order valence-electron chi connectivity index (χ0n) is 15.7. The van der Waals surface area contributed by atoms with Crippen molar-refractivity contribution in [1.29, 1.82) is 0 Å². The minimum absolute atomic E-state index is 0.299. The molecular weight excluding hydrogens is 359 g/mol. The van der Waals surface area contributed by atoms with Gasteiger partial charge in [-0.3, -0.25) is 0 Å². The molecule has 0 saturated carbocycles. The van der Waals surface area contributed by atoms with Crippen LogP contribution in [0.25, 0.3) is 0 Å². The normalized spacial score (nSPS) is 16.2. The maximum absolute atomic E-state index is 13.2. The van der Waals surface area contributed by atoms with E-state index in [0.29, 0.717) is 38.4 Å². The Morgan fingerprint density at radius 2 is 1.93 bits per heavy atom. The Bertz CT molecular complexity index is 920. The lowest BCUT2D eigenvalue weighted by Crippen LogP contribution is -2.43. The van der Waals surface area contributed by atoms with Crippen LogP contribution in [-0.4, -0.2) is 28.2 Å². The van der Waals surface area contributed by atoms with Gasteiger partial charge in [0.1, 0.15) is 17.4 Å². The van der Waals surface area contributed by atoms with E-state index in [1.807, 2.05) is 25.1 Å². The van der Waals surface area contributed by atoms with E-state index in [2.05, 4.69) is 20.2 Å². The van der Waals surface area contributed by atoms with Gasteiger partial charge in [-0.2, -0.15) is 4.98 Å². The van der Waals surface area contributed by atoms with Crippen molar-refractivity contribution in [3.8, 4) is 0 Å². The molecule has 0 aliphatic carbocycles. The molecule has 6 nitrogen and oxygen atoms in total. The lowest BCUT2D eigenvalue weighted by atomic mass is 9.84. The molecule has 0 atom stereocenters. The third-order valence-electron chi connectivity index (χ3n) is 5.12. The van der Waals surface area contributed by atoms with Crippen LogP contribution < -0.4 is 10.2 Å². The highest BCUT2D eigenvalue weighted by molar-refractivity contribution is 5.44. The number of nitrogens with zero attached hydrogens (tertiary/aromatic N) is 3. The number of hydrogen-bond acceptors (Lipinski definition) is 6. The van der Waals surface area contributed by atoms with Crippen LogP contribution in [0.5, 0.6) is 0 Å². The Hall–Kier alpha value is -2.93. The number of aliphatic hydroxyl groups is 1. The number of furan rings is 1. The second-order valence-electron chi connectivity index (χ2n) is 7.15. The van der Waals surface area contributed by atoms with Gasteiger partial charge in [-0.15, -0.1) is 0 Å². The molecule has 28 heavy (non-hydrogen) atoms. The molecule has 0 unspecified atom stereocenters. The SMILES string of the molecule is Cc1cc(NCc2ccco2)nc(N2CCC(O)(c3ccc(F)cc3)CC2)n1. The highest BCUT2D eigenvalue weighted by atomic mass is 19.1. The summed E-state index contributed by atoms with van der Waals surface area (Å²) in [6, 6.07) is 11.7. The summed E-state index contributed by atoms with van der Waals surface area (Å²) in [5.74, 6) is 1.91. The maximum Gasteiger partial charge on any atom is 0.227 e. The minimum Gasteiger partial charge on any atom is -0.467 e. The van der Waals surface area contributed by atoms with E-state index in [1.54, 1.807) is 18.4 Å². The predicted octanol–water partition coefficient (Wildman–Crippen LogP) is 3.62. The highest BCUT2D eigenvalue weighted by Gasteiger charge is 2.34. The number of anilines is 2. The minimum atomic E-state index is -0.950. The summed E-state index contributed by atoms with van der Waals surface area (Å²) in [7, 11) is 0. The van der Waals surface area contributed by atoms with Gasteiger partial charge >= 0.3 is 0 Å². The molecule has 3 heterocycles. The topological polar surface area (TPSA) is 74.4 Å². The van der Waals surface area contributed by atoms with Crippen molar-refractivity contribution in [2.45, 2.75) is 31.9 Å². The molecule has 1 aromatic carbocycles. The number of rotatable bonds is 5. The predicted molar refractivity (Wildman–Crippen MR) is 105 cm³/mol. The number of benzene rings is 1. The van der Waals surface area contributed by atoms with E-state index < -0.39 is 5.60 Å². The summed E-state index contributed by atoms with van der Waals surface area (Å²) < 4.78 is 18.5. The second-order valence-corrected chi connectivity index (χ2v) is 7.15. The lowest BCUT2D eigenvalue weighted by Gasteiger charge is -2.38.